The molecule has 29 heavy (non-hydrogen) atoms. The van der Waals surface area contributed by atoms with Crippen molar-refractivity contribution in [1.82, 2.24) is 5.32 Å². The molecule has 2 aromatic carbocycles. The quantitative estimate of drug-likeness (QED) is 0.684. The highest BCUT2D eigenvalue weighted by atomic mass is 32.2. The molecule has 0 radical (unpaired) electrons. The van der Waals surface area contributed by atoms with Crippen LogP contribution in [-0.4, -0.2) is 24.1 Å². The molecular weight excluding hydrogens is 384 g/mol. The fourth-order valence-electron chi connectivity index (χ4n) is 3.40. The van der Waals surface area contributed by atoms with Crippen molar-refractivity contribution in [2.24, 2.45) is 0 Å². The molecule has 6 heteroatoms. The average molecular weight is 413 g/mol. The summed E-state index contributed by atoms with van der Waals surface area (Å²) in [7, 11) is 0. The maximum Gasteiger partial charge on any atom is 0.409 e. The van der Waals surface area contributed by atoms with E-state index in [1.165, 1.54) is 11.8 Å². The molecule has 1 aliphatic heterocycles. The molecule has 1 atom stereocenters. The molecule has 1 unspecified atom stereocenters. The highest BCUT2D eigenvalue weighted by Gasteiger charge is 2.53. The van der Waals surface area contributed by atoms with E-state index in [4.69, 9.17) is 4.74 Å². The van der Waals surface area contributed by atoms with Crippen molar-refractivity contribution in [1.29, 1.82) is 0 Å². The summed E-state index contributed by atoms with van der Waals surface area (Å²) in [5.74, 6) is -0.153. The van der Waals surface area contributed by atoms with Crippen LogP contribution in [-0.2, 0) is 14.4 Å². The van der Waals surface area contributed by atoms with Gasteiger partial charge in [-0.3, -0.25) is 10.1 Å². The molecule has 3 rings (SSSR count). The third-order valence-electron chi connectivity index (χ3n) is 4.60. The van der Waals surface area contributed by atoms with E-state index in [0.29, 0.717) is 6.54 Å². The molecule has 2 aromatic rings. The summed E-state index contributed by atoms with van der Waals surface area (Å²) in [6.45, 7) is 10.0. The van der Waals surface area contributed by atoms with Crippen LogP contribution in [0.3, 0.4) is 0 Å². The first kappa shape index (κ1) is 21.2. The molecule has 0 spiro atoms. The lowest BCUT2D eigenvalue weighted by atomic mass is 10.1. The molecule has 0 bridgehead atoms. The number of nitrogens with zero attached hydrogens (tertiary/aromatic N) is 1. The zero-order valence-corrected chi connectivity index (χ0v) is 18.4. The predicted molar refractivity (Wildman–Crippen MR) is 117 cm³/mol. The number of ether oxygens (including phenoxy) is 1. The summed E-state index contributed by atoms with van der Waals surface area (Å²) in [4.78, 5) is 27.9. The first-order valence-corrected chi connectivity index (χ1v) is 10.7. The lowest BCUT2D eigenvalue weighted by Gasteiger charge is -2.31. The Bertz CT molecular complexity index is 922. The number of fused-ring (bicyclic) bond motifs is 1. The van der Waals surface area contributed by atoms with Gasteiger partial charge in [0.05, 0.1) is 5.69 Å². The SMILES string of the molecule is CCCN1C(=O)C(NC(=O)OC(C)(C)C)(Sc2ccccc2C)c2ccccc21. The van der Waals surface area contributed by atoms with Crippen molar-refractivity contribution < 1.29 is 14.3 Å². The van der Waals surface area contributed by atoms with E-state index in [0.717, 1.165) is 28.1 Å². The number of aryl methyl sites for hydroxylation is 1. The summed E-state index contributed by atoms with van der Waals surface area (Å²) in [6.07, 6.45) is 0.206. The second-order valence-corrected chi connectivity index (χ2v) is 9.41. The van der Waals surface area contributed by atoms with Gasteiger partial charge in [-0.2, -0.15) is 0 Å². The Morgan fingerprint density at radius 2 is 1.79 bits per heavy atom. The number of carbonyl (C=O) groups is 2. The van der Waals surface area contributed by atoms with Crippen molar-refractivity contribution in [2.75, 3.05) is 11.4 Å². The number of hydrogen-bond acceptors (Lipinski definition) is 4. The Labute approximate surface area is 176 Å². The molecule has 0 aromatic heterocycles. The number of thioether (sulfide) groups is 1. The highest BCUT2D eigenvalue weighted by molar-refractivity contribution is 8.01. The van der Waals surface area contributed by atoms with Crippen molar-refractivity contribution in [3.8, 4) is 0 Å². The number of anilines is 1. The number of alkyl carbamates (subject to hydrolysis) is 1. The van der Waals surface area contributed by atoms with Crippen LogP contribution < -0.4 is 10.2 Å². The Morgan fingerprint density at radius 3 is 2.45 bits per heavy atom. The maximum absolute atomic E-state index is 13.7. The van der Waals surface area contributed by atoms with Crippen LogP contribution in [0.1, 0.15) is 45.2 Å². The summed E-state index contributed by atoms with van der Waals surface area (Å²) >= 11 is 1.36. The van der Waals surface area contributed by atoms with E-state index in [1.807, 2.05) is 83.1 Å². The molecule has 0 saturated carbocycles. The number of carbonyl (C=O) groups excluding carboxylic acids is 2. The van der Waals surface area contributed by atoms with Crippen LogP contribution in [0.15, 0.2) is 53.4 Å². The number of hydrogen-bond donors (Lipinski definition) is 1. The smallest absolute Gasteiger partial charge is 0.409 e. The summed E-state index contributed by atoms with van der Waals surface area (Å²) < 4.78 is 5.52. The van der Waals surface area contributed by atoms with Gasteiger partial charge >= 0.3 is 6.09 Å². The lowest BCUT2D eigenvalue weighted by molar-refractivity contribution is -0.121. The average Bonchev–Trinajstić information content (AvgIpc) is 2.85. The molecule has 1 N–H and O–H groups in total. The number of benzene rings is 2. The lowest BCUT2D eigenvalue weighted by Crippen LogP contribution is -2.52. The first-order valence-electron chi connectivity index (χ1n) is 9.85. The van der Waals surface area contributed by atoms with Gasteiger partial charge in [-0.1, -0.05) is 55.1 Å². The monoisotopic (exact) mass is 412 g/mol. The topological polar surface area (TPSA) is 58.6 Å². The van der Waals surface area contributed by atoms with Gasteiger partial charge in [0.1, 0.15) is 5.60 Å². The normalized spacial score (nSPS) is 18.5. The number of nitrogens with one attached hydrogen (secondary N) is 1. The molecule has 154 valence electrons. The van der Waals surface area contributed by atoms with Gasteiger partial charge < -0.3 is 9.64 Å². The Morgan fingerprint density at radius 1 is 1.14 bits per heavy atom. The van der Waals surface area contributed by atoms with Gasteiger partial charge in [0.2, 0.25) is 4.87 Å². The van der Waals surface area contributed by atoms with Gasteiger partial charge in [-0.05, 0) is 51.8 Å². The van der Waals surface area contributed by atoms with Gasteiger partial charge in [0.15, 0.2) is 0 Å². The van der Waals surface area contributed by atoms with E-state index >= 15 is 0 Å². The Kier molecular flexibility index (Phi) is 5.94. The fourth-order valence-corrected chi connectivity index (χ4v) is 4.72. The summed E-state index contributed by atoms with van der Waals surface area (Å²) in [6, 6.07) is 15.5. The number of para-hydroxylation sites is 1. The van der Waals surface area contributed by atoms with Crippen LogP contribution in [0, 0.1) is 6.92 Å². The minimum Gasteiger partial charge on any atom is -0.444 e. The highest BCUT2D eigenvalue weighted by Crippen LogP contribution is 2.50. The van der Waals surface area contributed by atoms with Crippen molar-refractivity contribution in [3.05, 3.63) is 59.7 Å². The molecule has 0 fully saturated rings. The summed E-state index contributed by atoms with van der Waals surface area (Å²) in [5, 5.41) is 2.93. The van der Waals surface area contributed by atoms with E-state index in [2.05, 4.69) is 5.32 Å². The number of rotatable bonds is 5. The van der Waals surface area contributed by atoms with Gasteiger partial charge in [0, 0.05) is 17.0 Å². The summed E-state index contributed by atoms with van der Waals surface area (Å²) in [5.41, 5.74) is 1.99. The molecule has 0 aliphatic carbocycles. The van der Waals surface area contributed by atoms with Gasteiger partial charge in [0.25, 0.3) is 5.91 Å². The standard InChI is InChI=1S/C23H28N2O3S/c1-6-15-25-18-13-9-8-12-17(18)23(20(25)26,24-21(27)28-22(3,4)5)29-19-14-10-7-11-16(19)2/h7-14H,6,15H2,1-5H3,(H,24,27). The van der Waals surface area contributed by atoms with Crippen molar-refractivity contribution >= 4 is 29.4 Å². The van der Waals surface area contributed by atoms with Gasteiger partial charge in [-0.25, -0.2) is 4.79 Å². The van der Waals surface area contributed by atoms with E-state index in [-0.39, 0.29) is 5.91 Å². The van der Waals surface area contributed by atoms with E-state index in [1.54, 1.807) is 4.90 Å². The van der Waals surface area contributed by atoms with Gasteiger partial charge in [-0.15, -0.1) is 0 Å². The minimum absolute atomic E-state index is 0.153. The molecule has 0 saturated heterocycles. The molecule has 1 heterocycles. The fraction of sp³-hybridized carbons (Fsp3) is 0.391. The largest absolute Gasteiger partial charge is 0.444 e. The minimum atomic E-state index is -1.28. The Hall–Kier alpha value is -2.47. The van der Waals surface area contributed by atoms with E-state index < -0.39 is 16.6 Å². The third kappa shape index (κ3) is 4.27. The third-order valence-corrected chi connectivity index (χ3v) is 6.08. The van der Waals surface area contributed by atoms with E-state index in [9.17, 15) is 9.59 Å². The molecular formula is C23H28N2O3S. The number of amides is 2. The van der Waals surface area contributed by atoms with Crippen LogP contribution >= 0.6 is 11.8 Å². The molecule has 5 nitrogen and oxygen atoms in total. The van der Waals surface area contributed by atoms with Crippen LogP contribution in [0.25, 0.3) is 0 Å². The molecule has 1 aliphatic rings. The second kappa shape index (κ2) is 8.11. The predicted octanol–water partition coefficient (Wildman–Crippen LogP) is 5.22. The van der Waals surface area contributed by atoms with Crippen molar-refractivity contribution in [3.63, 3.8) is 0 Å². The van der Waals surface area contributed by atoms with Crippen LogP contribution in [0.5, 0.6) is 0 Å². The first-order chi connectivity index (χ1) is 13.7. The Balaban J connectivity index is 2.11. The zero-order chi connectivity index (χ0) is 21.2. The zero-order valence-electron chi connectivity index (χ0n) is 17.6. The van der Waals surface area contributed by atoms with Crippen molar-refractivity contribution in [2.45, 2.75) is 56.4 Å². The molecule has 2 amide bonds. The maximum atomic E-state index is 13.7. The second-order valence-electron chi connectivity index (χ2n) is 8.15. The van der Waals surface area contributed by atoms with Crippen LogP contribution in [0.4, 0.5) is 10.5 Å². The van der Waals surface area contributed by atoms with Crippen LogP contribution in [0.2, 0.25) is 0 Å².